The molecule has 2 aliphatic carbocycles. The van der Waals surface area contributed by atoms with E-state index in [1.54, 1.807) is 6.21 Å². The highest BCUT2D eigenvalue weighted by atomic mass is 16.6. The van der Waals surface area contributed by atoms with Crippen LogP contribution in [0.4, 0.5) is 15.3 Å². The number of rotatable bonds is 18. The number of benzene rings is 5. The third-order valence-electron chi connectivity index (χ3n) is 15.0. The van der Waals surface area contributed by atoms with Crippen LogP contribution in [0, 0.1) is 18.8 Å². The molecule has 486 valence electrons. The van der Waals surface area contributed by atoms with Gasteiger partial charge in [-0.1, -0.05) is 218 Å². The number of carbonyl (C=O) groups excluding carboxylic acids is 3. The molecule has 0 unspecified atom stereocenters. The van der Waals surface area contributed by atoms with Gasteiger partial charge in [0.15, 0.2) is 0 Å². The van der Waals surface area contributed by atoms with E-state index >= 15 is 0 Å². The molecule has 13 nitrogen and oxygen atoms in total. The van der Waals surface area contributed by atoms with Gasteiger partial charge in [-0.05, 0) is 126 Å². The maximum absolute atomic E-state index is 12.3. The third kappa shape index (κ3) is 26.9. The number of aliphatic hydroxyl groups excluding tert-OH is 1. The lowest BCUT2D eigenvalue weighted by Gasteiger charge is -2.41. The number of carbonyl (C=O) groups is 3. The standard InChI is InChI=1S/C25H36N2O.C24H32N2O2.C19H21NO2.C9H17NO2/c1-19-24(26-21(18-28)17-20-11-5-2-6-12-20)25(19)27(22-13-7-3-8-14-22)23-15-9-4-10-16-23;1-17(2)21(26-23(27)28-24(4,5)6)18(3)25-22(19-13-9-7-10-14-19)20-15-11-8-12-16-20;1-19(2,3)22-17(21)14-20-18(15-10-6-4-7-11-15)16-12-8-5-9-13-16;1-7(2)6-10-8(11)12-9(3,4)5/h2,5-6,11-12,21-23,28H,3-4,7-10,13-18H2,1H3;7-18,21H,1-6H3,(H,26,27);4-13H,14H2,1-3H3;6-7H,1-5H3/t21-;18-,21-;;/m01../s1. The predicted octanol–water partition coefficient (Wildman–Crippen LogP) is 16.8. The van der Waals surface area contributed by atoms with Crippen molar-refractivity contribution in [3.05, 3.63) is 190 Å². The second-order valence-corrected chi connectivity index (χ2v) is 27.3. The van der Waals surface area contributed by atoms with Crippen molar-refractivity contribution < 1.29 is 33.7 Å². The fourth-order valence-corrected chi connectivity index (χ4v) is 11.0. The first kappa shape index (κ1) is 73.2. The summed E-state index contributed by atoms with van der Waals surface area (Å²) in [5.74, 6) is 0.161. The Morgan fingerprint density at radius 2 is 0.989 bits per heavy atom. The average Bonchev–Trinajstić information content (AvgIpc) is 1.63. The van der Waals surface area contributed by atoms with Gasteiger partial charge in [0.2, 0.25) is 0 Å². The number of aliphatic hydroxyl groups is 1. The summed E-state index contributed by atoms with van der Waals surface area (Å²) in [6.07, 6.45) is 15.1. The van der Waals surface area contributed by atoms with Crippen molar-refractivity contribution in [2.45, 2.75) is 221 Å². The van der Waals surface area contributed by atoms with Crippen LogP contribution < -0.4 is 15.6 Å². The molecule has 0 spiro atoms. The zero-order valence-electron chi connectivity index (χ0n) is 56.9. The molecular weight excluding hydrogens is 1120 g/mol. The minimum atomic E-state index is -0.530. The summed E-state index contributed by atoms with van der Waals surface area (Å²) in [4.78, 5) is 56.1. The molecule has 6 aromatic carbocycles. The summed E-state index contributed by atoms with van der Waals surface area (Å²) in [6, 6.07) is 51.5. The Bertz CT molecular complexity index is 3050. The Kier molecular flexibility index (Phi) is 29.6. The van der Waals surface area contributed by atoms with E-state index in [9.17, 15) is 19.5 Å². The number of ether oxygens (including phenoxy) is 3. The van der Waals surface area contributed by atoms with Crippen LogP contribution in [-0.2, 0) is 25.4 Å². The first-order chi connectivity index (χ1) is 42.7. The molecule has 0 bridgehead atoms. The van der Waals surface area contributed by atoms with Gasteiger partial charge in [-0.3, -0.25) is 19.8 Å². The van der Waals surface area contributed by atoms with E-state index in [0.29, 0.717) is 12.1 Å². The number of aliphatic imine (C=N–C) groups is 3. The van der Waals surface area contributed by atoms with Gasteiger partial charge in [-0.25, -0.2) is 9.59 Å². The summed E-state index contributed by atoms with van der Waals surface area (Å²) < 4.78 is 15.7. The molecule has 13 heteroatoms. The Balaban J connectivity index is 0.000000227. The van der Waals surface area contributed by atoms with E-state index in [0.717, 1.165) is 40.1 Å². The quantitative estimate of drug-likeness (QED) is 0.0488. The van der Waals surface area contributed by atoms with Gasteiger partial charge in [0.05, 0.1) is 47.2 Å². The van der Waals surface area contributed by atoms with E-state index in [1.165, 1.54) is 86.4 Å². The molecule has 3 atom stereocenters. The number of esters is 1. The van der Waals surface area contributed by atoms with Gasteiger partial charge >= 0.3 is 18.2 Å². The van der Waals surface area contributed by atoms with Crippen LogP contribution in [0.1, 0.15) is 195 Å². The fraction of sp³-hybridized carbons (Fsp3) is 0.494. The molecule has 0 aromatic heterocycles. The Morgan fingerprint density at radius 3 is 1.38 bits per heavy atom. The van der Waals surface area contributed by atoms with Gasteiger partial charge in [0, 0.05) is 46.1 Å². The molecule has 2 aliphatic rings. The molecule has 2 amide bonds. The summed E-state index contributed by atoms with van der Waals surface area (Å²) in [7, 11) is 0. The smallest absolute Gasteiger partial charge is 0.433 e. The third-order valence-corrected chi connectivity index (χ3v) is 15.0. The predicted molar refractivity (Wildman–Crippen MR) is 371 cm³/mol. The van der Waals surface area contributed by atoms with Gasteiger partial charge in [-0.2, -0.15) is 4.99 Å². The molecule has 6 aromatic rings. The summed E-state index contributed by atoms with van der Waals surface area (Å²) >= 11 is 0. The number of hydrogen-bond acceptors (Lipinski definition) is 11. The number of hydrogen-bond donors (Lipinski definition) is 2. The molecule has 0 saturated heterocycles. The van der Waals surface area contributed by atoms with Crippen LogP contribution in [0.3, 0.4) is 0 Å². The van der Waals surface area contributed by atoms with Crippen LogP contribution in [0.5, 0.6) is 0 Å². The molecule has 2 N–H and O–H groups in total. The fourth-order valence-electron chi connectivity index (χ4n) is 11.0. The number of nitrogens with one attached hydrogen (secondary N) is 1. The maximum Gasteiger partial charge on any atom is 0.433 e. The minimum Gasteiger partial charge on any atom is -0.459 e. The molecule has 0 aliphatic heterocycles. The molecule has 2 fully saturated rings. The van der Waals surface area contributed by atoms with Crippen LogP contribution in [0.25, 0.3) is 0 Å². The van der Waals surface area contributed by atoms with E-state index in [4.69, 9.17) is 24.2 Å². The van der Waals surface area contributed by atoms with Crippen molar-refractivity contribution in [1.29, 1.82) is 0 Å². The topological polar surface area (TPSA) is 164 Å². The SMILES string of the molecule is CC(C)(C)OC(=O)CN=C(c1ccccc1)c1ccccc1.CC(C)C=NC(=O)OC(C)(C)C.CC(C)[C@@H](NC(=O)OC(C)(C)C)[C@@H](C)N=C(c1ccccc1)c1ccccc1.Cc1c(N(C2CCCCC2)C2CCCCC2)c1=N[C@H](CO)Cc1ccccc1. The molecular formula is C77H106N6O7. The van der Waals surface area contributed by atoms with Crippen LogP contribution in [0.2, 0.25) is 0 Å². The molecule has 90 heavy (non-hydrogen) atoms. The van der Waals surface area contributed by atoms with Gasteiger partial charge in [0.1, 0.15) is 23.3 Å². The molecule has 0 heterocycles. The summed E-state index contributed by atoms with van der Waals surface area (Å²) in [5.41, 5.74) is 8.39. The van der Waals surface area contributed by atoms with Crippen LogP contribution >= 0.6 is 0 Å². The van der Waals surface area contributed by atoms with Crippen molar-refractivity contribution in [2.24, 2.45) is 31.8 Å². The largest absolute Gasteiger partial charge is 0.459 e. The molecule has 0 radical (unpaired) electrons. The van der Waals surface area contributed by atoms with Crippen molar-refractivity contribution in [3.63, 3.8) is 0 Å². The van der Waals surface area contributed by atoms with Gasteiger partial charge in [0.25, 0.3) is 0 Å². The molecule has 2 saturated carbocycles. The monoisotopic (exact) mass is 1230 g/mol. The van der Waals surface area contributed by atoms with Crippen molar-refractivity contribution in [1.82, 2.24) is 5.32 Å². The van der Waals surface area contributed by atoms with E-state index < -0.39 is 29.0 Å². The van der Waals surface area contributed by atoms with Gasteiger partial charge in [-0.15, -0.1) is 0 Å². The Hall–Kier alpha value is -7.51. The Morgan fingerprint density at radius 1 is 0.578 bits per heavy atom. The Labute approximate surface area is 539 Å². The first-order valence-electron chi connectivity index (χ1n) is 32.8. The zero-order valence-corrected chi connectivity index (χ0v) is 56.9. The second-order valence-electron chi connectivity index (χ2n) is 27.3. The van der Waals surface area contributed by atoms with Crippen molar-refractivity contribution in [2.75, 3.05) is 18.1 Å². The van der Waals surface area contributed by atoms with Crippen molar-refractivity contribution >= 4 is 41.5 Å². The number of alkyl carbamates (subject to hydrolysis) is 1. The lowest BCUT2D eigenvalue weighted by Crippen LogP contribution is -2.47. The average molecular weight is 1230 g/mol. The normalized spacial score (nSPS) is 15.2. The highest BCUT2D eigenvalue weighted by Crippen LogP contribution is 2.37. The summed E-state index contributed by atoms with van der Waals surface area (Å²) in [5, 5.41) is 14.1. The summed E-state index contributed by atoms with van der Waals surface area (Å²) in [6.45, 7) is 29.1. The number of nitrogens with zero attached hydrogens (tertiary/aromatic N) is 5. The van der Waals surface area contributed by atoms with E-state index in [-0.39, 0.29) is 49.1 Å². The van der Waals surface area contributed by atoms with Crippen LogP contribution in [-0.4, -0.2) is 101 Å². The lowest BCUT2D eigenvalue weighted by atomic mass is 9.88. The lowest BCUT2D eigenvalue weighted by molar-refractivity contribution is -0.152. The number of anilines is 1. The van der Waals surface area contributed by atoms with Gasteiger partial charge < -0.3 is 29.5 Å². The first-order valence-corrected chi connectivity index (χ1v) is 32.8. The maximum atomic E-state index is 12.3. The zero-order chi connectivity index (χ0) is 65.9. The minimum absolute atomic E-state index is 0.0103. The number of amides is 2. The molecule has 8 rings (SSSR count). The second kappa shape index (κ2) is 36.4. The van der Waals surface area contributed by atoms with Crippen LogP contribution in [0.15, 0.2) is 172 Å². The highest BCUT2D eigenvalue weighted by molar-refractivity contribution is 6.13. The highest BCUT2D eigenvalue weighted by Gasteiger charge is 2.35. The van der Waals surface area contributed by atoms with E-state index in [2.05, 4.69) is 89.5 Å². The van der Waals surface area contributed by atoms with Crippen molar-refractivity contribution in [3.8, 4) is 0 Å². The van der Waals surface area contributed by atoms with E-state index in [1.807, 2.05) is 186 Å².